The second kappa shape index (κ2) is 6.61. The molecular weight excluding hydrogens is 271 g/mol. The van der Waals surface area contributed by atoms with Crippen molar-refractivity contribution < 1.29 is 4.39 Å². The summed E-state index contributed by atoms with van der Waals surface area (Å²) in [5, 5.41) is 4.48. The van der Waals surface area contributed by atoms with E-state index < -0.39 is 0 Å². The lowest BCUT2D eigenvalue weighted by molar-refractivity contribution is 0.630. The van der Waals surface area contributed by atoms with Crippen LogP contribution in [0.25, 0.3) is 0 Å². The Morgan fingerprint density at radius 2 is 2.06 bits per heavy atom. The van der Waals surface area contributed by atoms with Crippen LogP contribution in [0.2, 0.25) is 5.02 Å². The van der Waals surface area contributed by atoms with Crippen LogP contribution in [0.1, 0.15) is 0 Å². The van der Waals surface area contributed by atoms with Gasteiger partial charge in [0.05, 0.1) is 10.7 Å². The number of nitrogens with zero attached hydrogens (tertiary/aromatic N) is 1. The number of aromatic nitrogens is 1. The Morgan fingerprint density at radius 3 is 2.83 bits per heavy atom. The van der Waals surface area contributed by atoms with Crippen LogP contribution in [-0.4, -0.2) is 17.3 Å². The van der Waals surface area contributed by atoms with Gasteiger partial charge in [-0.3, -0.25) is 0 Å². The summed E-state index contributed by atoms with van der Waals surface area (Å²) >= 11 is 7.53. The van der Waals surface area contributed by atoms with E-state index in [9.17, 15) is 4.39 Å². The number of thioether (sulfide) groups is 1. The molecule has 0 radical (unpaired) electrons. The highest BCUT2D eigenvalue weighted by Crippen LogP contribution is 2.23. The first-order chi connectivity index (χ1) is 8.77. The Labute approximate surface area is 115 Å². The summed E-state index contributed by atoms with van der Waals surface area (Å²) < 4.78 is 13.3. The third-order valence-electron chi connectivity index (χ3n) is 2.25. The molecule has 2 aromatic rings. The molecule has 0 fully saturated rings. The molecule has 0 saturated carbocycles. The van der Waals surface area contributed by atoms with Crippen LogP contribution >= 0.6 is 23.4 Å². The molecule has 1 N–H and O–H groups in total. The average molecular weight is 283 g/mol. The second-order valence-electron chi connectivity index (χ2n) is 3.55. The first kappa shape index (κ1) is 13.2. The van der Waals surface area contributed by atoms with Gasteiger partial charge < -0.3 is 5.32 Å². The Kier molecular flexibility index (Phi) is 4.84. The van der Waals surface area contributed by atoms with Crippen molar-refractivity contribution in [1.29, 1.82) is 0 Å². The van der Waals surface area contributed by atoms with Crippen LogP contribution < -0.4 is 5.32 Å². The topological polar surface area (TPSA) is 24.9 Å². The number of para-hydroxylation sites is 1. The predicted molar refractivity (Wildman–Crippen MR) is 74.9 cm³/mol. The normalized spacial score (nSPS) is 10.3. The molecule has 1 aromatic heterocycles. The SMILES string of the molecule is Fc1ccccc1NCCSc1ncccc1Cl. The monoisotopic (exact) mass is 282 g/mol. The number of halogens is 2. The molecule has 0 aliphatic rings. The fourth-order valence-electron chi connectivity index (χ4n) is 1.42. The average Bonchev–Trinajstić information content (AvgIpc) is 2.38. The van der Waals surface area contributed by atoms with E-state index in [1.807, 2.05) is 0 Å². The summed E-state index contributed by atoms with van der Waals surface area (Å²) in [7, 11) is 0. The number of pyridine rings is 1. The van der Waals surface area contributed by atoms with Crippen LogP contribution in [0.15, 0.2) is 47.6 Å². The van der Waals surface area contributed by atoms with E-state index in [0.29, 0.717) is 17.3 Å². The number of nitrogens with one attached hydrogen (secondary N) is 1. The van der Waals surface area contributed by atoms with Gasteiger partial charge in [-0.2, -0.15) is 0 Å². The zero-order chi connectivity index (χ0) is 12.8. The number of rotatable bonds is 5. The van der Waals surface area contributed by atoms with Crippen LogP contribution in [0.4, 0.5) is 10.1 Å². The Morgan fingerprint density at radius 1 is 1.22 bits per heavy atom. The van der Waals surface area contributed by atoms with Gasteiger partial charge in [0.2, 0.25) is 0 Å². The molecule has 18 heavy (non-hydrogen) atoms. The molecule has 94 valence electrons. The van der Waals surface area contributed by atoms with Gasteiger partial charge >= 0.3 is 0 Å². The van der Waals surface area contributed by atoms with Crippen molar-refractivity contribution in [3.63, 3.8) is 0 Å². The fraction of sp³-hybridized carbons (Fsp3) is 0.154. The van der Waals surface area contributed by atoms with E-state index in [0.717, 1.165) is 10.8 Å². The molecule has 5 heteroatoms. The molecule has 2 rings (SSSR count). The Balaban J connectivity index is 1.80. The molecule has 0 atom stereocenters. The first-order valence-electron chi connectivity index (χ1n) is 5.49. The molecular formula is C13H12ClFN2S. The molecule has 1 aromatic carbocycles. The van der Waals surface area contributed by atoms with E-state index in [1.165, 1.54) is 6.07 Å². The Hall–Kier alpha value is -1.26. The summed E-state index contributed by atoms with van der Waals surface area (Å²) in [6, 6.07) is 10.2. The van der Waals surface area contributed by atoms with Gasteiger partial charge in [-0.15, -0.1) is 11.8 Å². The maximum absolute atomic E-state index is 13.3. The molecule has 0 aliphatic carbocycles. The quantitative estimate of drug-likeness (QED) is 0.661. The second-order valence-corrected chi connectivity index (χ2v) is 5.04. The van der Waals surface area contributed by atoms with Gasteiger partial charge in [0, 0.05) is 18.5 Å². The van der Waals surface area contributed by atoms with E-state index in [-0.39, 0.29) is 5.82 Å². The van der Waals surface area contributed by atoms with E-state index in [4.69, 9.17) is 11.6 Å². The highest BCUT2D eigenvalue weighted by molar-refractivity contribution is 7.99. The first-order valence-corrected chi connectivity index (χ1v) is 6.85. The van der Waals surface area contributed by atoms with Crippen LogP contribution in [0.3, 0.4) is 0 Å². The molecule has 0 saturated heterocycles. The van der Waals surface area contributed by atoms with E-state index in [2.05, 4.69) is 10.3 Å². The Bertz CT molecular complexity index is 474. The maximum Gasteiger partial charge on any atom is 0.146 e. The summed E-state index contributed by atoms with van der Waals surface area (Å²) in [6.07, 6.45) is 1.71. The maximum atomic E-state index is 13.3. The van der Waals surface area contributed by atoms with Crippen LogP contribution in [0.5, 0.6) is 0 Å². The van der Waals surface area contributed by atoms with Gasteiger partial charge in [0.15, 0.2) is 0 Å². The van der Waals surface area contributed by atoms with E-state index in [1.54, 1.807) is 48.3 Å². The molecule has 0 bridgehead atoms. The zero-order valence-corrected chi connectivity index (χ0v) is 11.1. The van der Waals surface area contributed by atoms with Crippen molar-refractivity contribution in [2.75, 3.05) is 17.6 Å². The zero-order valence-electron chi connectivity index (χ0n) is 9.57. The highest BCUT2D eigenvalue weighted by atomic mass is 35.5. The lowest BCUT2D eigenvalue weighted by Crippen LogP contribution is -2.05. The van der Waals surface area contributed by atoms with Gasteiger partial charge in [0.1, 0.15) is 10.8 Å². The molecule has 0 aliphatic heterocycles. The minimum Gasteiger partial charge on any atom is -0.382 e. The fourth-order valence-corrected chi connectivity index (χ4v) is 2.44. The predicted octanol–water partition coefficient (Wildman–Crippen LogP) is 4.08. The molecule has 0 spiro atoms. The van der Waals surface area contributed by atoms with Crippen molar-refractivity contribution in [1.82, 2.24) is 4.98 Å². The highest BCUT2D eigenvalue weighted by Gasteiger charge is 2.02. The van der Waals surface area contributed by atoms with Crippen molar-refractivity contribution in [3.05, 3.63) is 53.4 Å². The van der Waals surface area contributed by atoms with Gasteiger partial charge in [-0.25, -0.2) is 9.37 Å². The smallest absolute Gasteiger partial charge is 0.146 e. The van der Waals surface area contributed by atoms with E-state index >= 15 is 0 Å². The van der Waals surface area contributed by atoms with Crippen molar-refractivity contribution in [3.8, 4) is 0 Å². The third kappa shape index (κ3) is 3.62. The number of benzene rings is 1. The summed E-state index contributed by atoms with van der Waals surface area (Å²) in [6.45, 7) is 0.651. The standard InChI is InChI=1S/C13H12ClFN2S/c14-10-4-3-7-17-13(10)18-9-8-16-12-6-2-1-5-11(12)15/h1-7,16H,8-9H2. The van der Waals surface area contributed by atoms with Gasteiger partial charge in [-0.1, -0.05) is 23.7 Å². The molecule has 0 unspecified atom stereocenters. The number of hydrogen-bond acceptors (Lipinski definition) is 3. The largest absolute Gasteiger partial charge is 0.382 e. The van der Waals surface area contributed by atoms with Gasteiger partial charge in [0.25, 0.3) is 0 Å². The number of hydrogen-bond donors (Lipinski definition) is 1. The lowest BCUT2D eigenvalue weighted by atomic mass is 10.3. The number of anilines is 1. The van der Waals surface area contributed by atoms with Crippen LogP contribution in [0, 0.1) is 5.82 Å². The molecule has 0 amide bonds. The van der Waals surface area contributed by atoms with Crippen LogP contribution in [-0.2, 0) is 0 Å². The lowest BCUT2D eigenvalue weighted by Gasteiger charge is -2.07. The minimum atomic E-state index is -0.238. The van der Waals surface area contributed by atoms with Crippen molar-refractivity contribution in [2.45, 2.75) is 5.03 Å². The molecule has 2 nitrogen and oxygen atoms in total. The summed E-state index contributed by atoms with van der Waals surface area (Å²) in [5.74, 6) is 0.531. The molecule has 1 heterocycles. The summed E-state index contributed by atoms with van der Waals surface area (Å²) in [5.41, 5.74) is 0.519. The van der Waals surface area contributed by atoms with Crippen molar-refractivity contribution in [2.24, 2.45) is 0 Å². The minimum absolute atomic E-state index is 0.238. The third-order valence-corrected chi connectivity index (χ3v) is 3.68. The van der Waals surface area contributed by atoms with Gasteiger partial charge in [-0.05, 0) is 24.3 Å². The van der Waals surface area contributed by atoms with Crippen molar-refractivity contribution >= 4 is 29.1 Å². The summed E-state index contributed by atoms with van der Waals surface area (Å²) in [4.78, 5) is 4.17.